The van der Waals surface area contributed by atoms with Crippen molar-refractivity contribution in [2.45, 2.75) is 20.1 Å². The number of nitrogens with one attached hydrogen (secondary N) is 3. The van der Waals surface area contributed by atoms with Gasteiger partial charge in [-0.25, -0.2) is 4.98 Å². The van der Waals surface area contributed by atoms with Crippen molar-refractivity contribution in [3.63, 3.8) is 0 Å². The molecule has 2 heterocycles. The summed E-state index contributed by atoms with van der Waals surface area (Å²) in [6, 6.07) is 6.73. The molecule has 26 heavy (non-hydrogen) atoms. The van der Waals surface area contributed by atoms with E-state index in [1.165, 1.54) is 0 Å². The third-order valence-electron chi connectivity index (χ3n) is 3.44. The van der Waals surface area contributed by atoms with Crippen LogP contribution >= 0.6 is 11.6 Å². The smallest absolute Gasteiger partial charge is 0.272 e. The van der Waals surface area contributed by atoms with Crippen LogP contribution in [0.15, 0.2) is 24.3 Å². The molecule has 136 valence electrons. The number of rotatable bonds is 7. The van der Waals surface area contributed by atoms with Gasteiger partial charge in [0, 0.05) is 6.07 Å². The average molecular weight is 377 g/mol. The zero-order chi connectivity index (χ0) is 18.5. The molecule has 2 aromatic heterocycles. The maximum absolute atomic E-state index is 12.1. The maximum atomic E-state index is 12.1. The molecule has 9 nitrogen and oxygen atoms in total. The maximum Gasteiger partial charge on any atom is 0.272 e. The minimum absolute atomic E-state index is 0.187. The van der Waals surface area contributed by atoms with Gasteiger partial charge in [0.05, 0.1) is 24.4 Å². The molecule has 0 saturated carbocycles. The fourth-order valence-corrected chi connectivity index (χ4v) is 2.38. The van der Waals surface area contributed by atoms with E-state index in [2.05, 4.69) is 30.7 Å². The number of aromatic amines is 2. The standard InChI is InChI=1S/C16H17ClN6O3/c1-9-19-15(23-20-9)7-18-16(24)13-5-10(21-22-13)8-26-14-4-3-11(25-2)6-12(14)17/h3-6H,7-8H2,1-2H3,(H,18,24)(H,21,22)(H,19,20,23). The van der Waals surface area contributed by atoms with Gasteiger partial charge in [0.15, 0.2) is 5.82 Å². The Morgan fingerprint density at radius 3 is 2.81 bits per heavy atom. The Bertz CT molecular complexity index is 907. The molecule has 1 amide bonds. The number of aryl methyl sites for hydroxylation is 1. The highest BCUT2D eigenvalue weighted by atomic mass is 35.5. The molecule has 0 aliphatic carbocycles. The number of methoxy groups -OCH3 is 1. The third kappa shape index (κ3) is 4.31. The molecular weight excluding hydrogens is 360 g/mol. The SMILES string of the molecule is COc1ccc(OCc2cc(C(=O)NCc3n[nH]c(C)n3)n[nH]2)c(Cl)c1. The van der Waals surface area contributed by atoms with Crippen molar-refractivity contribution in [1.29, 1.82) is 0 Å². The van der Waals surface area contributed by atoms with E-state index in [0.29, 0.717) is 33.9 Å². The second-order valence-electron chi connectivity index (χ2n) is 5.38. The number of H-pyrrole nitrogens is 2. The molecule has 0 bridgehead atoms. The van der Waals surface area contributed by atoms with Crippen LogP contribution in [0.2, 0.25) is 5.02 Å². The summed E-state index contributed by atoms with van der Waals surface area (Å²) in [7, 11) is 1.56. The number of ether oxygens (including phenoxy) is 2. The van der Waals surface area contributed by atoms with E-state index in [4.69, 9.17) is 21.1 Å². The molecule has 0 fully saturated rings. The number of aromatic nitrogens is 5. The van der Waals surface area contributed by atoms with E-state index in [1.807, 2.05) is 0 Å². The van der Waals surface area contributed by atoms with Gasteiger partial charge in [0.25, 0.3) is 5.91 Å². The van der Waals surface area contributed by atoms with Gasteiger partial charge >= 0.3 is 0 Å². The number of hydrogen-bond acceptors (Lipinski definition) is 6. The fourth-order valence-electron chi connectivity index (χ4n) is 2.15. The van der Waals surface area contributed by atoms with Crippen molar-refractivity contribution in [2.75, 3.05) is 7.11 Å². The lowest BCUT2D eigenvalue weighted by Crippen LogP contribution is -2.23. The van der Waals surface area contributed by atoms with Crippen LogP contribution in [0, 0.1) is 6.92 Å². The van der Waals surface area contributed by atoms with Gasteiger partial charge in [-0.05, 0) is 25.1 Å². The summed E-state index contributed by atoms with van der Waals surface area (Å²) in [5, 5.41) is 16.5. The molecule has 1 aromatic carbocycles. The molecule has 3 aromatic rings. The summed E-state index contributed by atoms with van der Waals surface area (Å²) in [4.78, 5) is 16.2. The van der Waals surface area contributed by atoms with Gasteiger partial charge in [-0.2, -0.15) is 10.2 Å². The third-order valence-corrected chi connectivity index (χ3v) is 3.73. The molecule has 10 heteroatoms. The van der Waals surface area contributed by atoms with Gasteiger partial charge < -0.3 is 14.8 Å². The number of carbonyl (C=O) groups excluding carboxylic acids is 1. The largest absolute Gasteiger partial charge is 0.497 e. The summed E-state index contributed by atoms with van der Waals surface area (Å²) in [6.07, 6.45) is 0. The van der Waals surface area contributed by atoms with Crippen LogP contribution in [-0.4, -0.2) is 38.4 Å². The first kappa shape index (κ1) is 17.7. The molecule has 3 rings (SSSR count). The van der Waals surface area contributed by atoms with Crippen LogP contribution in [-0.2, 0) is 13.2 Å². The highest BCUT2D eigenvalue weighted by Crippen LogP contribution is 2.29. The van der Waals surface area contributed by atoms with Crippen LogP contribution in [0.25, 0.3) is 0 Å². The van der Waals surface area contributed by atoms with Crippen LogP contribution in [0.3, 0.4) is 0 Å². The zero-order valence-corrected chi connectivity index (χ0v) is 14.9. The second kappa shape index (κ2) is 7.87. The lowest BCUT2D eigenvalue weighted by Gasteiger charge is -2.08. The molecule has 0 radical (unpaired) electrons. The summed E-state index contributed by atoms with van der Waals surface area (Å²) in [6.45, 7) is 2.18. The Hall–Kier alpha value is -3.07. The monoisotopic (exact) mass is 376 g/mol. The van der Waals surface area contributed by atoms with Crippen LogP contribution < -0.4 is 14.8 Å². The normalized spacial score (nSPS) is 10.6. The second-order valence-corrected chi connectivity index (χ2v) is 5.79. The molecule has 0 aliphatic heterocycles. The minimum Gasteiger partial charge on any atom is -0.497 e. The Morgan fingerprint density at radius 1 is 1.27 bits per heavy atom. The van der Waals surface area contributed by atoms with E-state index >= 15 is 0 Å². The number of benzene rings is 1. The topological polar surface area (TPSA) is 118 Å². The number of halogens is 1. The Morgan fingerprint density at radius 2 is 2.12 bits per heavy atom. The Balaban J connectivity index is 1.54. The summed E-state index contributed by atoms with van der Waals surface area (Å²) >= 11 is 6.12. The van der Waals surface area contributed by atoms with Crippen molar-refractivity contribution in [3.05, 3.63) is 52.3 Å². The molecule has 0 atom stereocenters. The number of carbonyl (C=O) groups is 1. The van der Waals surface area contributed by atoms with Crippen LogP contribution in [0.1, 0.15) is 27.8 Å². The van der Waals surface area contributed by atoms with E-state index < -0.39 is 0 Å². The lowest BCUT2D eigenvalue weighted by molar-refractivity contribution is 0.0945. The number of hydrogen-bond donors (Lipinski definition) is 3. The van der Waals surface area contributed by atoms with Crippen molar-refractivity contribution >= 4 is 17.5 Å². The number of amides is 1. The van der Waals surface area contributed by atoms with E-state index in [0.717, 1.165) is 0 Å². The van der Waals surface area contributed by atoms with Crippen molar-refractivity contribution < 1.29 is 14.3 Å². The van der Waals surface area contributed by atoms with Crippen molar-refractivity contribution in [1.82, 2.24) is 30.7 Å². The first-order valence-corrected chi connectivity index (χ1v) is 8.09. The zero-order valence-electron chi connectivity index (χ0n) is 14.2. The summed E-state index contributed by atoms with van der Waals surface area (Å²) in [5.74, 6) is 2.00. The van der Waals surface area contributed by atoms with Crippen LogP contribution in [0.4, 0.5) is 0 Å². The van der Waals surface area contributed by atoms with Gasteiger partial charge in [-0.3, -0.25) is 15.0 Å². The molecule has 0 saturated heterocycles. The number of nitrogens with zero attached hydrogens (tertiary/aromatic N) is 3. The van der Waals surface area contributed by atoms with Crippen molar-refractivity contribution in [3.8, 4) is 11.5 Å². The van der Waals surface area contributed by atoms with E-state index in [-0.39, 0.29) is 24.8 Å². The highest BCUT2D eigenvalue weighted by molar-refractivity contribution is 6.32. The van der Waals surface area contributed by atoms with E-state index in [1.54, 1.807) is 38.3 Å². The van der Waals surface area contributed by atoms with Gasteiger partial charge in [0.2, 0.25) is 0 Å². The molecular formula is C16H17ClN6O3. The first-order chi connectivity index (χ1) is 12.5. The van der Waals surface area contributed by atoms with Crippen LogP contribution in [0.5, 0.6) is 11.5 Å². The fraction of sp³-hybridized carbons (Fsp3) is 0.250. The quantitative estimate of drug-likeness (QED) is 0.580. The predicted octanol–water partition coefficient (Wildman–Crippen LogP) is 2.01. The molecule has 0 spiro atoms. The lowest BCUT2D eigenvalue weighted by atomic mass is 10.3. The molecule has 0 unspecified atom stereocenters. The molecule has 3 N–H and O–H groups in total. The van der Waals surface area contributed by atoms with Gasteiger partial charge in [-0.1, -0.05) is 11.6 Å². The summed E-state index contributed by atoms with van der Waals surface area (Å²) in [5.41, 5.74) is 0.882. The van der Waals surface area contributed by atoms with Gasteiger partial charge in [-0.15, -0.1) is 0 Å². The molecule has 0 aliphatic rings. The highest BCUT2D eigenvalue weighted by Gasteiger charge is 2.12. The predicted molar refractivity (Wildman–Crippen MR) is 93.2 cm³/mol. The van der Waals surface area contributed by atoms with Crippen molar-refractivity contribution in [2.24, 2.45) is 0 Å². The van der Waals surface area contributed by atoms with E-state index in [9.17, 15) is 4.79 Å². The first-order valence-electron chi connectivity index (χ1n) is 7.72. The Kier molecular flexibility index (Phi) is 5.37. The van der Waals surface area contributed by atoms with Gasteiger partial charge in [0.1, 0.15) is 29.6 Å². The minimum atomic E-state index is -0.336. The average Bonchev–Trinajstić information content (AvgIpc) is 3.27. The summed E-state index contributed by atoms with van der Waals surface area (Å²) < 4.78 is 10.7. The Labute approximate surface area is 154 Å².